The lowest BCUT2D eigenvalue weighted by Gasteiger charge is -2.08. The number of anilines is 1. The smallest absolute Gasteiger partial charge is 0.272 e. The van der Waals surface area contributed by atoms with Crippen LogP contribution in [0.25, 0.3) is 0 Å². The first-order chi connectivity index (χ1) is 12.7. The molecule has 0 saturated heterocycles. The van der Waals surface area contributed by atoms with E-state index in [1.165, 1.54) is 18.5 Å². The number of benzene rings is 1. The van der Waals surface area contributed by atoms with Crippen molar-refractivity contribution in [3.8, 4) is 11.5 Å². The van der Waals surface area contributed by atoms with Gasteiger partial charge in [-0.15, -0.1) is 0 Å². The number of carbonyl (C=O) groups is 1. The van der Waals surface area contributed by atoms with Crippen molar-refractivity contribution < 1.29 is 14.3 Å². The number of amides is 1. The second-order valence-corrected chi connectivity index (χ2v) is 5.41. The fourth-order valence-electron chi connectivity index (χ4n) is 2.22. The Balaban J connectivity index is 1.65. The van der Waals surface area contributed by atoms with Gasteiger partial charge in [0.05, 0.1) is 19.0 Å². The summed E-state index contributed by atoms with van der Waals surface area (Å²) in [5.41, 5.74) is 1.19. The number of aromatic nitrogens is 2. The van der Waals surface area contributed by atoms with Gasteiger partial charge in [0.1, 0.15) is 18.1 Å². The highest BCUT2D eigenvalue weighted by atomic mass is 16.5. The quantitative estimate of drug-likeness (QED) is 0.712. The SMILES string of the molecule is COc1ccc(COc2c[nH]c(C(=O)Nc3cccnc3)cc2=O)cc1. The molecule has 0 atom stereocenters. The van der Waals surface area contributed by atoms with Gasteiger partial charge in [0, 0.05) is 18.5 Å². The minimum absolute atomic E-state index is 0.135. The van der Waals surface area contributed by atoms with Gasteiger partial charge >= 0.3 is 0 Å². The maximum atomic E-state index is 12.2. The van der Waals surface area contributed by atoms with Gasteiger partial charge in [-0.3, -0.25) is 14.6 Å². The van der Waals surface area contributed by atoms with Crippen LogP contribution in [0.15, 0.2) is 65.8 Å². The largest absolute Gasteiger partial charge is 0.497 e. The average molecular weight is 351 g/mol. The third-order valence-corrected chi connectivity index (χ3v) is 3.59. The number of methoxy groups -OCH3 is 1. The molecule has 2 N–H and O–H groups in total. The molecule has 2 aromatic heterocycles. The van der Waals surface area contributed by atoms with Gasteiger partial charge in [0.15, 0.2) is 5.75 Å². The summed E-state index contributed by atoms with van der Waals surface area (Å²) in [6.07, 6.45) is 4.50. The number of hydrogen-bond acceptors (Lipinski definition) is 5. The number of pyridine rings is 2. The zero-order valence-corrected chi connectivity index (χ0v) is 14.1. The number of hydrogen-bond donors (Lipinski definition) is 2. The Morgan fingerprint density at radius 1 is 1.23 bits per heavy atom. The van der Waals surface area contributed by atoms with E-state index < -0.39 is 5.91 Å². The molecule has 0 aliphatic carbocycles. The topological polar surface area (TPSA) is 93.3 Å². The second-order valence-electron chi connectivity index (χ2n) is 5.41. The molecule has 0 unspecified atom stereocenters. The Hall–Kier alpha value is -3.61. The Labute approximate surface area is 149 Å². The number of carbonyl (C=O) groups excluding carboxylic acids is 1. The highest BCUT2D eigenvalue weighted by molar-refractivity contribution is 6.02. The highest BCUT2D eigenvalue weighted by Gasteiger charge is 2.10. The van der Waals surface area contributed by atoms with E-state index in [0.29, 0.717) is 5.69 Å². The van der Waals surface area contributed by atoms with Crippen LogP contribution in [0.4, 0.5) is 5.69 Å². The molecule has 1 aromatic carbocycles. The molecule has 0 bridgehead atoms. The molecule has 7 nitrogen and oxygen atoms in total. The molecule has 26 heavy (non-hydrogen) atoms. The summed E-state index contributed by atoms with van der Waals surface area (Å²) in [6.45, 7) is 0.230. The monoisotopic (exact) mass is 351 g/mol. The Morgan fingerprint density at radius 2 is 2.04 bits per heavy atom. The molecular weight excluding hydrogens is 334 g/mol. The predicted octanol–water partition coefficient (Wildman–Crippen LogP) is 2.61. The van der Waals surface area contributed by atoms with E-state index in [9.17, 15) is 9.59 Å². The summed E-state index contributed by atoms with van der Waals surface area (Å²) in [5.74, 6) is 0.450. The van der Waals surface area contributed by atoms with Crippen LogP contribution in [0.3, 0.4) is 0 Å². The van der Waals surface area contributed by atoms with Crippen LogP contribution in [0.5, 0.6) is 11.5 Å². The summed E-state index contributed by atoms with van der Waals surface area (Å²) in [4.78, 5) is 31.0. The minimum atomic E-state index is -0.434. The fraction of sp³-hybridized carbons (Fsp3) is 0.105. The third-order valence-electron chi connectivity index (χ3n) is 3.59. The van der Waals surface area contributed by atoms with Gasteiger partial charge < -0.3 is 19.8 Å². The van der Waals surface area contributed by atoms with E-state index in [1.807, 2.05) is 24.3 Å². The molecule has 0 saturated carbocycles. The fourth-order valence-corrected chi connectivity index (χ4v) is 2.22. The van der Waals surface area contributed by atoms with E-state index in [0.717, 1.165) is 11.3 Å². The number of aromatic amines is 1. The molecule has 2 heterocycles. The van der Waals surface area contributed by atoms with Gasteiger partial charge in [-0.05, 0) is 29.8 Å². The standard InChI is InChI=1S/C19H17N3O4/c1-25-15-6-4-13(5-7-15)12-26-18-11-21-16(9-17(18)23)19(24)22-14-3-2-8-20-10-14/h2-11H,12H2,1H3,(H,21,23)(H,22,24). The molecule has 0 aliphatic rings. The Bertz CT molecular complexity index is 937. The maximum Gasteiger partial charge on any atom is 0.272 e. The lowest BCUT2D eigenvalue weighted by Crippen LogP contribution is -2.17. The Morgan fingerprint density at radius 3 is 2.69 bits per heavy atom. The van der Waals surface area contributed by atoms with Crippen LogP contribution in [0, 0.1) is 0 Å². The van der Waals surface area contributed by atoms with Crippen LogP contribution >= 0.6 is 0 Å². The van der Waals surface area contributed by atoms with Crippen molar-refractivity contribution in [2.24, 2.45) is 0 Å². The molecule has 3 rings (SSSR count). The van der Waals surface area contributed by atoms with Crippen molar-refractivity contribution >= 4 is 11.6 Å². The zero-order chi connectivity index (χ0) is 18.4. The van der Waals surface area contributed by atoms with Gasteiger partial charge in [-0.2, -0.15) is 0 Å². The van der Waals surface area contributed by atoms with Crippen LogP contribution < -0.4 is 20.2 Å². The number of rotatable bonds is 6. The number of nitrogens with one attached hydrogen (secondary N) is 2. The Kier molecular flexibility index (Phi) is 5.28. The van der Waals surface area contributed by atoms with E-state index in [-0.39, 0.29) is 23.5 Å². The molecule has 7 heteroatoms. The van der Waals surface area contributed by atoms with Gasteiger partial charge in [0.2, 0.25) is 5.43 Å². The molecule has 132 valence electrons. The summed E-state index contributed by atoms with van der Waals surface area (Å²) in [5, 5.41) is 2.65. The highest BCUT2D eigenvalue weighted by Crippen LogP contribution is 2.13. The van der Waals surface area contributed by atoms with Crippen molar-refractivity contribution in [2.45, 2.75) is 6.61 Å². The maximum absolute atomic E-state index is 12.2. The minimum Gasteiger partial charge on any atom is -0.497 e. The molecule has 0 spiro atoms. The first-order valence-corrected chi connectivity index (χ1v) is 7.85. The number of nitrogens with zero attached hydrogens (tertiary/aromatic N) is 1. The zero-order valence-electron chi connectivity index (χ0n) is 14.1. The first-order valence-electron chi connectivity index (χ1n) is 7.85. The average Bonchev–Trinajstić information content (AvgIpc) is 2.68. The van der Waals surface area contributed by atoms with E-state index in [2.05, 4.69) is 15.3 Å². The van der Waals surface area contributed by atoms with Crippen molar-refractivity contribution in [1.29, 1.82) is 0 Å². The number of ether oxygens (including phenoxy) is 2. The second kappa shape index (κ2) is 7.98. The molecule has 0 radical (unpaired) electrons. The molecule has 0 aliphatic heterocycles. The van der Waals surface area contributed by atoms with Crippen LogP contribution in [0.2, 0.25) is 0 Å². The summed E-state index contributed by atoms with van der Waals surface area (Å²) in [6, 6.07) is 11.9. The summed E-state index contributed by atoms with van der Waals surface area (Å²) in [7, 11) is 1.59. The predicted molar refractivity (Wildman–Crippen MR) is 96.6 cm³/mol. The molecule has 0 fully saturated rings. The van der Waals surface area contributed by atoms with Crippen LogP contribution in [0.1, 0.15) is 16.1 Å². The normalized spacial score (nSPS) is 10.2. The van der Waals surface area contributed by atoms with Gasteiger partial charge in [0.25, 0.3) is 5.91 Å². The van der Waals surface area contributed by atoms with E-state index in [1.54, 1.807) is 25.4 Å². The van der Waals surface area contributed by atoms with Crippen LogP contribution in [-0.4, -0.2) is 23.0 Å². The molecular formula is C19H17N3O4. The summed E-state index contributed by atoms with van der Waals surface area (Å²) < 4.78 is 10.6. The van der Waals surface area contributed by atoms with E-state index in [4.69, 9.17) is 9.47 Å². The molecule has 3 aromatic rings. The molecule has 1 amide bonds. The lowest BCUT2D eigenvalue weighted by atomic mass is 10.2. The van der Waals surface area contributed by atoms with Gasteiger partial charge in [-0.1, -0.05) is 12.1 Å². The summed E-state index contributed by atoms with van der Waals surface area (Å²) >= 11 is 0. The lowest BCUT2D eigenvalue weighted by molar-refractivity contribution is 0.102. The van der Waals surface area contributed by atoms with Gasteiger partial charge in [-0.25, -0.2) is 0 Å². The van der Waals surface area contributed by atoms with Crippen molar-refractivity contribution in [1.82, 2.24) is 9.97 Å². The third kappa shape index (κ3) is 4.27. The first kappa shape index (κ1) is 17.2. The van der Waals surface area contributed by atoms with Crippen molar-refractivity contribution in [2.75, 3.05) is 12.4 Å². The number of H-pyrrole nitrogens is 1. The van der Waals surface area contributed by atoms with Crippen LogP contribution in [-0.2, 0) is 6.61 Å². The van der Waals surface area contributed by atoms with E-state index >= 15 is 0 Å². The van der Waals surface area contributed by atoms with Crippen molar-refractivity contribution in [3.05, 3.63) is 82.5 Å². The van der Waals surface area contributed by atoms with Crippen molar-refractivity contribution in [3.63, 3.8) is 0 Å².